The lowest BCUT2D eigenvalue weighted by Gasteiger charge is -2.13. The molecule has 6 heteroatoms. The van der Waals surface area contributed by atoms with Crippen LogP contribution in [0.1, 0.15) is 11.1 Å². The van der Waals surface area contributed by atoms with E-state index in [1.165, 1.54) is 29.5 Å². The van der Waals surface area contributed by atoms with Gasteiger partial charge in [0.05, 0.1) is 15.7 Å². The van der Waals surface area contributed by atoms with Crippen molar-refractivity contribution in [1.29, 1.82) is 0 Å². The van der Waals surface area contributed by atoms with Crippen molar-refractivity contribution >= 4 is 22.5 Å². The number of anilines is 1. The number of nitrogens with one attached hydrogen (secondary N) is 2. The molecule has 23 heavy (non-hydrogen) atoms. The highest BCUT2D eigenvalue weighted by Crippen LogP contribution is 2.22. The fourth-order valence-corrected chi connectivity index (χ4v) is 3.42. The third kappa shape index (κ3) is 3.59. The summed E-state index contributed by atoms with van der Waals surface area (Å²) < 4.78 is 25.1. The Labute approximate surface area is 136 Å². The molecule has 2 aromatic rings. The molecule has 3 rings (SSSR count). The Morgan fingerprint density at radius 1 is 1.17 bits per heavy atom. The number of urea groups is 1. The predicted molar refractivity (Wildman–Crippen MR) is 88.5 cm³/mol. The standard InChI is InChI=1S/C17H17FN2O2S/c1-23(22)16-7-6-13(10-15(16)18)19-17(21)20-14-8-11-4-2-3-5-12(11)9-14/h2-7,10,14H,8-9H2,1H3,(H2,19,20,21). The van der Waals surface area contributed by atoms with Crippen molar-refractivity contribution in [2.24, 2.45) is 0 Å². The van der Waals surface area contributed by atoms with Crippen LogP contribution in [0, 0.1) is 5.82 Å². The summed E-state index contributed by atoms with van der Waals surface area (Å²) in [5, 5.41) is 5.51. The van der Waals surface area contributed by atoms with Crippen LogP contribution < -0.4 is 10.6 Å². The number of hydrogen-bond donors (Lipinski definition) is 2. The van der Waals surface area contributed by atoms with Gasteiger partial charge in [-0.15, -0.1) is 0 Å². The molecular formula is C17H17FN2O2S. The molecule has 1 atom stereocenters. The van der Waals surface area contributed by atoms with Gasteiger partial charge in [0.2, 0.25) is 0 Å². The SMILES string of the molecule is CS(=O)c1ccc(NC(=O)NC2Cc3ccccc3C2)cc1F. The Bertz CT molecular complexity index is 754. The second-order valence-electron chi connectivity index (χ2n) is 5.57. The molecular weight excluding hydrogens is 315 g/mol. The first-order chi connectivity index (χ1) is 11.0. The zero-order chi connectivity index (χ0) is 16.4. The van der Waals surface area contributed by atoms with Gasteiger partial charge in [0, 0.05) is 18.0 Å². The van der Waals surface area contributed by atoms with Gasteiger partial charge in [0.1, 0.15) is 5.82 Å². The number of carbonyl (C=O) groups is 1. The van der Waals surface area contributed by atoms with Crippen molar-refractivity contribution in [3.63, 3.8) is 0 Å². The van der Waals surface area contributed by atoms with E-state index >= 15 is 0 Å². The summed E-state index contributed by atoms with van der Waals surface area (Å²) in [6.07, 6.45) is 3.01. The van der Waals surface area contributed by atoms with Crippen LogP contribution in [-0.4, -0.2) is 22.5 Å². The number of amides is 2. The lowest BCUT2D eigenvalue weighted by atomic mass is 10.1. The molecule has 0 radical (unpaired) electrons. The molecule has 1 aliphatic carbocycles. The van der Waals surface area contributed by atoms with Gasteiger partial charge in [-0.2, -0.15) is 0 Å². The molecule has 0 saturated carbocycles. The lowest BCUT2D eigenvalue weighted by Crippen LogP contribution is -2.38. The molecule has 0 aliphatic heterocycles. The van der Waals surface area contributed by atoms with Crippen LogP contribution in [0.25, 0.3) is 0 Å². The van der Waals surface area contributed by atoms with Crippen LogP contribution in [0.5, 0.6) is 0 Å². The zero-order valence-electron chi connectivity index (χ0n) is 12.6. The van der Waals surface area contributed by atoms with Crippen molar-refractivity contribution in [2.45, 2.75) is 23.8 Å². The van der Waals surface area contributed by atoms with Crippen LogP contribution in [0.15, 0.2) is 47.4 Å². The molecule has 2 aromatic carbocycles. The number of fused-ring (bicyclic) bond motifs is 1. The topological polar surface area (TPSA) is 58.2 Å². The zero-order valence-corrected chi connectivity index (χ0v) is 13.5. The second kappa shape index (κ2) is 6.50. The summed E-state index contributed by atoms with van der Waals surface area (Å²) in [5.74, 6) is -0.586. The van der Waals surface area contributed by atoms with E-state index in [-0.39, 0.29) is 17.0 Å². The van der Waals surface area contributed by atoms with Gasteiger partial charge in [-0.05, 0) is 42.2 Å². The van der Waals surface area contributed by atoms with Gasteiger partial charge in [0.15, 0.2) is 0 Å². The van der Waals surface area contributed by atoms with Gasteiger partial charge in [-0.1, -0.05) is 24.3 Å². The summed E-state index contributed by atoms with van der Waals surface area (Å²) in [5.41, 5.74) is 2.84. The van der Waals surface area contributed by atoms with E-state index in [1.807, 2.05) is 12.1 Å². The smallest absolute Gasteiger partial charge is 0.319 e. The van der Waals surface area contributed by atoms with Crippen molar-refractivity contribution in [3.05, 3.63) is 59.4 Å². The Morgan fingerprint density at radius 2 is 1.83 bits per heavy atom. The first kappa shape index (κ1) is 15.7. The van der Waals surface area contributed by atoms with E-state index in [1.54, 1.807) is 6.07 Å². The molecule has 0 bridgehead atoms. The van der Waals surface area contributed by atoms with Crippen molar-refractivity contribution in [3.8, 4) is 0 Å². The van der Waals surface area contributed by atoms with Crippen LogP contribution >= 0.6 is 0 Å². The summed E-state index contributed by atoms with van der Waals surface area (Å²) in [6.45, 7) is 0. The first-order valence-corrected chi connectivity index (χ1v) is 8.86. The lowest BCUT2D eigenvalue weighted by molar-refractivity contribution is 0.249. The molecule has 0 fully saturated rings. The second-order valence-corrected chi connectivity index (χ2v) is 6.92. The van der Waals surface area contributed by atoms with Crippen molar-refractivity contribution in [1.82, 2.24) is 5.32 Å². The Morgan fingerprint density at radius 3 is 2.39 bits per heavy atom. The molecule has 0 spiro atoms. The molecule has 1 unspecified atom stereocenters. The van der Waals surface area contributed by atoms with E-state index in [2.05, 4.69) is 22.8 Å². The molecule has 4 nitrogen and oxygen atoms in total. The molecule has 0 heterocycles. The number of benzene rings is 2. The van der Waals surface area contributed by atoms with Crippen LogP contribution in [0.4, 0.5) is 14.9 Å². The molecule has 2 N–H and O–H groups in total. The fourth-order valence-electron chi connectivity index (χ4n) is 2.83. The Kier molecular flexibility index (Phi) is 4.43. The highest BCUT2D eigenvalue weighted by atomic mass is 32.2. The van der Waals surface area contributed by atoms with Crippen molar-refractivity contribution < 1.29 is 13.4 Å². The summed E-state index contributed by atoms with van der Waals surface area (Å²) in [4.78, 5) is 12.2. The fraction of sp³-hybridized carbons (Fsp3) is 0.235. The normalized spacial score (nSPS) is 15.0. The summed E-state index contributed by atoms with van der Waals surface area (Å²) in [6, 6.07) is 11.9. The maximum Gasteiger partial charge on any atom is 0.319 e. The average Bonchev–Trinajstić information content (AvgIpc) is 2.88. The summed E-state index contributed by atoms with van der Waals surface area (Å²) >= 11 is 0. The molecule has 0 aromatic heterocycles. The number of rotatable bonds is 3. The Balaban J connectivity index is 1.60. The third-order valence-electron chi connectivity index (χ3n) is 3.89. The van der Waals surface area contributed by atoms with Gasteiger partial charge in [-0.3, -0.25) is 4.21 Å². The highest BCUT2D eigenvalue weighted by Gasteiger charge is 2.22. The number of halogens is 1. The monoisotopic (exact) mass is 332 g/mol. The largest absolute Gasteiger partial charge is 0.334 e. The van der Waals surface area contributed by atoms with E-state index in [0.717, 1.165) is 12.8 Å². The predicted octanol–water partition coefficient (Wildman–Crippen LogP) is 2.85. The highest BCUT2D eigenvalue weighted by molar-refractivity contribution is 7.84. The first-order valence-electron chi connectivity index (χ1n) is 7.30. The minimum Gasteiger partial charge on any atom is -0.334 e. The van der Waals surface area contributed by atoms with Gasteiger partial charge in [0.25, 0.3) is 0 Å². The maximum atomic E-state index is 13.8. The number of carbonyl (C=O) groups excluding carboxylic acids is 1. The Hall–Kier alpha value is -2.21. The number of hydrogen-bond acceptors (Lipinski definition) is 2. The van der Waals surface area contributed by atoms with E-state index < -0.39 is 16.6 Å². The minimum atomic E-state index is -1.39. The van der Waals surface area contributed by atoms with E-state index in [4.69, 9.17) is 0 Å². The molecule has 0 saturated heterocycles. The van der Waals surface area contributed by atoms with Crippen LogP contribution in [0.3, 0.4) is 0 Å². The van der Waals surface area contributed by atoms with E-state index in [9.17, 15) is 13.4 Å². The molecule has 120 valence electrons. The maximum absolute atomic E-state index is 13.8. The molecule has 1 aliphatic rings. The van der Waals surface area contributed by atoms with Gasteiger partial charge in [-0.25, -0.2) is 9.18 Å². The quantitative estimate of drug-likeness (QED) is 0.908. The summed E-state index contributed by atoms with van der Waals surface area (Å²) in [7, 11) is -1.39. The van der Waals surface area contributed by atoms with Crippen LogP contribution in [0.2, 0.25) is 0 Å². The third-order valence-corrected chi connectivity index (χ3v) is 4.84. The average molecular weight is 332 g/mol. The van der Waals surface area contributed by atoms with Crippen molar-refractivity contribution in [2.75, 3.05) is 11.6 Å². The minimum absolute atomic E-state index is 0.0414. The van der Waals surface area contributed by atoms with Gasteiger partial charge < -0.3 is 10.6 Å². The van der Waals surface area contributed by atoms with Crippen LogP contribution in [-0.2, 0) is 23.6 Å². The molecule has 2 amide bonds. The van der Waals surface area contributed by atoms with E-state index in [0.29, 0.717) is 5.69 Å². The van der Waals surface area contributed by atoms with Gasteiger partial charge >= 0.3 is 6.03 Å².